The molecule has 2 N–H and O–H groups in total. The average Bonchev–Trinajstić information content (AvgIpc) is 3.09. The molecule has 1 heterocycles. The molecular weight excluding hydrogens is 346 g/mol. The zero-order valence-corrected chi connectivity index (χ0v) is 15.0. The van der Waals surface area contributed by atoms with Crippen molar-refractivity contribution in [1.82, 2.24) is 16.0 Å². The van der Waals surface area contributed by atoms with E-state index in [1.165, 1.54) is 0 Å². The lowest BCUT2D eigenvalue weighted by Crippen LogP contribution is -2.41. The summed E-state index contributed by atoms with van der Waals surface area (Å²) in [5.41, 5.74) is 6.63. The van der Waals surface area contributed by atoms with E-state index in [1.807, 2.05) is 37.3 Å². The van der Waals surface area contributed by atoms with E-state index in [0.717, 1.165) is 5.56 Å². The van der Waals surface area contributed by atoms with E-state index in [9.17, 15) is 9.59 Å². The molecule has 7 nitrogen and oxygen atoms in total. The third-order valence-electron chi connectivity index (χ3n) is 3.85. The molecule has 0 aliphatic rings. The Morgan fingerprint density at radius 3 is 2.33 bits per heavy atom. The largest absolute Gasteiger partial charge is 0.494 e. The number of benzene rings is 2. The maximum Gasteiger partial charge on any atom is 0.275 e. The van der Waals surface area contributed by atoms with Gasteiger partial charge in [0.2, 0.25) is 0 Å². The molecule has 0 atom stereocenters. The van der Waals surface area contributed by atoms with Crippen LogP contribution in [0.3, 0.4) is 0 Å². The molecule has 0 bridgehead atoms. The molecule has 7 heteroatoms. The number of hydrogen-bond donors (Lipinski definition) is 2. The molecule has 3 rings (SSSR count). The fraction of sp³-hybridized carbons (Fsp3) is 0.150. The second-order valence-corrected chi connectivity index (χ2v) is 5.69. The Morgan fingerprint density at radius 1 is 1.00 bits per heavy atom. The molecule has 0 saturated carbocycles. The second kappa shape index (κ2) is 8.18. The summed E-state index contributed by atoms with van der Waals surface area (Å²) in [6, 6.07) is 15.8. The summed E-state index contributed by atoms with van der Waals surface area (Å²) < 4.78 is 10.5. The van der Waals surface area contributed by atoms with Gasteiger partial charge in [-0.3, -0.25) is 20.4 Å². The van der Waals surface area contributed by atoms with Gasteiger partial charge in [-0.25, -0.2) is 0 Å². The van der Waals surface area contributed by atoms with Crippen LogP contribution in [0.5, 0.6) is 5.75 Å². The average molecular weight is 365 g/mol. The number of aromatic nitrogens is 1. The van der Waals surface area contributed by atoms with Crippen LogP contribution in [0.25, 0.3) is 11.3 Å². The zero-order valence-electron chi connectivity index (χ0n) is 15.0. The fourth-order valence-electron chi connectivity index (χ4n) is 2.55. The third kappa shape index (κ3) is 4.14. The van der Waals surface area contributed by atoms with Crippen LogP contribution in [0, 0.1) is 6.92 Å². The summed E-state index contributed by atoms with van der Waals surface area (Å²) in [6.45, 7) is 4.07. The van der Waals surface area contributed by atoms with Crippen LogP contribution in [0.1, 0.15) is 33.4 Å². The molecule has 0 aliphatic carbocycles. The highest BCUT2D eigenvalue weighted by molar-refractivity contribution is 6.03. The lowest BCUT2D eigenvalue weighted by atomic mass is 10.1. The van der Waals surface area contributed by atoms with Gasteiger partial charge in [0.1, 0.15) is 22.8 Å². The Hall–Kier alpha value is -3.61. The number of nitrogens with one attached hydrogen (secondary N) is 2. The smallest absolute Gasteiger partial charge is 0.275 e. The van der Waals surface area contributed by atoms with Gasteiger partial charge in [0.25, 0.3) is 11.8 Å². The minimum absolute atomic E-state index is 0.271. The Bertz CT molecular complexity index is 934. The van der Waals surface area contributed by atoms with Crippen LogP contribution >= 0.6 is 0 Å². The van der Waals surface area contributed by atoms with E-state index in [4.69, 9.17) is 9.26 Å². The molecule has 0 saturated heterocycles. The van der Waals surface area contributed by atoms with Crippen LogP contribution < -0.4 is 15.6 Å². The van der Waals surface area contributed by atoms with Crippen molar-refractivity contribution in [3.05, 3.63) is 71.5 Å². The normalized spacial score (nSPS) is 10.3. The van der Waals surface area contributed by atoms with Gasteiger partial charge < -0.3 is 9.26 Å². The van der Waals surface area contributed by atoms with E-state index in [-0.39, 0.29) is 5.56 Å². The fourth-order valence-corrected chi connectivity index (χ4v) is 2.55. The van der Waals surface area contributed by atoms with Crippen LogP contribution in [-0.4, -0.2) is 23.6 Å². The van der Waals surface area contributed by atoms with Crippen molar-refractivity contribution < 1.29 is 18.8 Å². The van der Waals surface area contributed by atoms with E-state index in [2.05, 4.69) is 16.0 Å². The SMILES string of the molecule is CCOc1ccc(C(=O)NNC(=O)c2c(-c3ccccc3)noc2C)cc1. The number of ether oxygens (including phenoxy) is 1. The first-order valence-corrected chi connectivity index (χ1v) is 8.45. The zero-order chi connectivity index (χ0) is 19.2. The minimum Gasteiger partial charge on any atom is -0.494 e. The topological polar surface area (TPSA) is 93.5 Å². The standard InChI is InChI=1S/C20H19N3O4/c1-3-26-16-11-9-15(10-12-16)19(24)21-22-20(25)17-13(2)27-23-18(17)14-7-5-4-6-8-14/h4-12H,3H2,1-2H3,(H,21,24)(H,22,25). The molecule has 3 aromatic rings. The van der Waals surface area contributed by atoms with Crippen molar-refractivity contribution in [2.45, 2.75) is 13.8 Å². The highest BCUT2D eigenvalue weighted by atomic mass is 16.5. The predicted molar refractivity (Wildman–Crippen MR) is 99.2 cm³/mol. The van der Waals surface area contributed by atoms with Crippen molar-refractivity contribution in [3.63, 3.8) is 0 Å². The van der Waals surface area contributed by atoms with Gasteiger partial charge in [-0.15, -0.1) is 0 Å². The van der Waals surface area contributed by atoms with Crippen molar-refractivity contribution >= 4 is 11.8 Å². The Morgan fingerprint density at radius 2 is 1.67 bits per heavy atom. The number of rotatable bonds is 5. The number of nitrogens with zero attached hydrogens (tertiary/aromatic N) is 1. The van der Waals surface area contributed by atoms with Crippen LogP contribution in [0.2, 0.25) is 0 Å². The summed E-state index contributed by atoms with van der Waals surface area (Å²) in [5, 5.41) is 3.96. The van der Waals surface area contributed by atoms with E-state index in [0.29, 0.717) is 29.4 Å². The molecule has 1 aromatic heterocycles. The van der Waals surface area contributed by atoms with Gasteiger partial charge in [0.05, 0.1) is 6.61 Å². The minimum atomic E-state index is -0.508. The lowest BCUT2D eigenvalue weighted by molar-refractivity contribution is 0.0846. The van der Waals surface area contributed by atoms with Crippen LogP contribution in [0.15, 0.2) is 59.1 Å². The first-order valence-electron chi connectivity index (χ1n) is 8.45. The van der Waals surface area contributed by atoms with Crippen LogP contribution in [0.4, 0.5) is 0 Å². The molecule has 0 unspecified atom stereocenters. The number of carbonyl (C=O) groups excluding carboxylic acids is 2. The monoisotopic (exact) mass is 365 g/mol. The van der Waals surface area contributed by atoms with Crippen molar-refractivity contribution in [1.29, 1.82) is 0 Å². The summed E-state index contributed by atoms with van der Waals surface area (Å²) in [5.74, 6) is 0.0843. The van der Waals surface area contributed by atoms with Crippen molar-refractivity contribution in [2.75, 3.05) is 6.61 Å². The molecule has 0 fully saturated rings. The van der Waals surface area contributed by atoms with Crippen molar-refractivity contribution in [2.24, 2.45) is 0 Å². The van der Waals surface area contributed by atoms with E-state index in [1.54, 1.807) is 31.2 Å². The number of hydrogen-bond acceptors (Lipinski definition) is 5. The van der Waals surface area contributed by atoms with E-state index >= 15 is 0 Å². The third-order valence-corrected chi connectivity index (χ3v) is 3.85. The second-order valence-electron chi connectivity index (χ2n) is 5.69. The highest BCUT2D eigenvalue weighted by Gasteiger charge is 2.22. The van der Waals surface area contributed by atoms with Crippen LogP contribution in [-0.2, 0) is 0 Å². The molecule has 27 heavy (non-hydrogen) atoms. The number of hydrazine groups is 1. The quantitative estimate of drug-likeness (QED) is 0.678. The summed E-state index contributed by atoms with van der Waals surface area (Å²) in [6.07, 6.45) is 0. The summed E-state index contributed by atoms with van der Waals surface area (Å²) in [7, 11) is 0. The Labute approximate surface area is 156 Å². The van der Waals surface area contributed by atoms with Gasteiger partial charge in [-0.05, 0) is 38.1 Å². The highest BCUT2D eigenvalue weighted by Crippen LogP contribution is 2.24. The Kier molecular flexibility index (Phi) is 5.51. The maximum absolute atomic E-state index is 12.5. The molecule has 2 aromatic carbocycles. The lowest BCUT2D eigenvalue weighted by Gasteiger charge is -2.08. The first kappa shape index (κ1) is 18.2. The predicted octanol–water partition coefficient (Wildman–Crippen LogP) is 3.12. The van der Waals surface area contributed by atoms with Gasteiger partial charge in [-0.1, -0.05) is 35.5 Å². The maximum atomic E-state index is 12.5. The molecular formula is C20H19N3O4. The number of carbonyl (C=O) groups is 2. The van der Waals surface area contributed by atoms with Gasteiger partial charge in [0, 0.05) is 11.1 Å². The molecule has 0 spiro atoms. The molecule has 0 radical (unpaired) electrons. The number of aryl methyl sites for hydroxylation is 1. The first-order chi connectivity index (χ1) is 13.1. The van der Waals surface area contributed by atoms with E-state index < -0.39 is 11.8 Å². The van der Waals surface area contributed by atoms with Crippen molar-refractivity contribution in [3.8, 4) is 17.0 Å². The van der Waals surface area contributed by atoms with Gasteiger partial charge in [-0.2, -0.15) is 0 Å². The summed E-state index contributed by atoms with van der Waals surface area (Å²) in [4.78, 5) is 24.8. The Balaban J connectivity index is 1.69. The number of amides is 2. The molecule has 2 amide bonds. The molecule has 138 valence electrons. The summed E-state index contributed by atoms with van der Waals surface area (Å²) >= 11 is 0. The van der Waals surface area contributed by atoms with Gasteiger partial charge >= 0.3 is 0 Å². The molecule has 0 aliphatic heterocycles. The van der Waals surface area contributed by atoms with Gasteiger partial charge in [0.15, 0.2) is 0 Å².